The van der Waals surface area contributed by atoms with Crippen molar-refractivity contribution < 1.29 is 14.4 Å². The van der Waals surface area contributed by atoms with Crippen LogP contribution < -0.4 is 5.32 Å². The van der Waals surface area contributed by atoms with Crippen LogP contribution in [0.25, 0.3) is 0 Å². The minimum absolute atomic E-state index is 0.0754. The Morgan fingerprint density at radius 2 is 1.95 bits per heavy atom. The Labute approximate surface area is 114 Å². The van der Waals surface area contributed by atoms with Gasteiger partial charge in [-0.1, -0.05) is 24.3 Å². The average Bonchev–Trinajstić information content (AvgIpc) is 2.45. The summed E-state index contributed by atoms with van der Waals surface area (Å²) in [4.78, 5) is 10.3. The lowest BCUT2D eigenvalue weighted by atomic mass is 10.1. The van der Waals surface area contributed by atoms with E-state index in [2.05, 4.69) is 5.32 Å². The van der Waals surface area contributed by atoms with Gasteiger partial charge in [0.1, 0.15) is 11.5 Å². The number of halogens is 1. The van der Waals surface area contributed by atoms with Crippen LogP contribution in [-0.4, -0.2) is 10.0 Å². The van der Waals surface area contributed by atoms with Gasteiger partial charge in [0.05, 0.1) is 11.5 Å². The first-order valence-electron chi connectivity index (χ1n) is 5.96. The van der Waals surface area contributed by atoms with Crippen molar-refractivity contribution in [3.8, 4) is 0 Å². The van der Waals surface area contributed by atoms with Crippen LogP contribution in [0.1, 0.15) is 11.1 Å². The molecule has 6 heteroatoms. The number of nitro groups is 1. The number of aliphatic hydroxyl groups excluding tert-OH is 1. The summed E-state index contributed by atoms with van der Waals surface area (Å²) >= 11 is 0. The Morgan fingerprint density at radius 3 is 2.65 bits per heavy atom. The fraction of sp³-hybridized carbons (Fsp3) is 0.143. The van der Waals surface area contributed by atoms with Crippen LogP contribution in [0.2, 0.25) is 0 Å². The minimum Gasteiger partial charge on any atom is -0.392 e. The molecular weight excluding hydrogens is 263 g/mol. The van der Waals surface area contributed by atoms with Crippen LogP contribution in [0.4, 0.5) is 15.8 Å². The molecule has 0 spiro atoms. The Hall–Kier alpha value is -2.47. The summed E-state index contributed by atoms with van der Waals surface area (Å²) in [5.41, 5.74) is 1.54. The third-order valence-corrected chi connectivity index (χ3v) is 2.81. The van der Waals surface area contributed by atoms with E-state index in [1.54, 1.807) is 18.2 Å². The molecule has 0 unspecified atom stereocenters. The number of anilines is 1. The lowest BCUT2D eigenvalue weighted by molar-refractivity contribution is -0.384. The highest BCUT2D eigenvalue weighted by Gasteiger charge is 2.13. The molecule has 0 saturated carbocycles. The maximum atomic E-state index is 13.2. The molecule has 20 heavy (non-hydrogen) atoms. The van der Waals surface area contributed by atoms with Crippen molar-refractivity contribution in [1.29, 1.82) is 0 Å². The third kappa shape index (κ3) is 3.30. The normalized spacial score (nSPS) is 10.3. The molecule has 0 aliphatic carbocycles. The van der Waals surface area contributed by atoms with Crippen molar-refractivity contribution in [2.75, 3.05) is 5.32 Å². The minimum atomic E-state index is -0.564. The van der Waals surface area contributed by atoms with Crippen molar-refractivity contribution in [1.82, 2.24) is 0 Å². The van der Waals surface area contributed by atoms with E-state index in [-0.39, 0.29) is 18.0 Å². The molecule has 0 saturated heterocycles. The Balaban J connectivity index is 2.17. The van der Waals surface area contributed by atoms with Crippen LogP contribution in [-0.2, 0) is 13.2 Å². The predicted molar refractivity (Wildman–Crippen MR) is 72.7 cm³/mol. The number of hydrogen-bond acceptors (Lipinski definition) is 4. The number of nitro benzene ring substituents is 1. The Morgan fingerprint density at radius 1 is 1.20 bits per heavy atom. The van der Waals surface area contributed by atoms with Gasteiger partial charge in [0, 0.05) is 18.7 Å². The molecule has 0 heterocycles. The van der Waals surface area contributed by atoms with E-state index in [0.717, 1.165) is 29.3 Å². The first-order chi connectivity index (χ1) is 9.60. The Kier molecular flexibility index (Phi) is 4.27. The van der Waals surface area contributed by atoms with Gasteiger partial charge in [-0.25, -0.2) is 4.39 Å². The zero-order valence-electron chi connectivity index (χ0n) is 10.5. The van der Waals surface area contributed by atoms with Gasteiger partial charge in [0.2, 0.25) is 0 Å². The summed E-state index contributed by atoms with van der Waals surface area (Å²) in [6.07, 6.45) is 0. The second-order valence-electron chi connectivity index (χ2n) is 4.25. The maximum Gasteiger partial charge on any atom is 0.292 e. The van der Waals surface area contributed by atoms with Gasteiger partial charge >= 0.3 is 0 Å². The number of hydrogen-bond donors (Lipinski definition) is 2. The van der Waals surface area contributed by atoms with Crippen molar-refractivity contribution >= 4 is 11.4 Å². The van der Waals surface area contributed by atoms with Gasteiger partial charge < -0.3 is 10.4 Å². The molecule has 0 amide bonds. The SMILES string of the molecule is O=[N+]([O-])c1ccc(F)cc1NCc1cccc(CO)c1. The van der Waals surface area contributed by atoms with Gasteiger partial charge in [-0.15, -0.1) is 0 Å². The van der Waals surface area contributed by atoms with Crippen LogP contribution >= 0.6 is 0 Å². The van der Waals surface area contributed by atoms with Crippen molar-refractivity contribution in [3.63, 3.8) is 0 Å². The molecule has 0 fully saturated rings. The molecule has 0 radical (unpaired) electrons. The van der Waals surface area contributed by atoms with Crippen LogP contribution in [0.3, 0.4) is 0 Å². The summed E-state index contributed by atoms with van der Waals surface area (Å²) in [6, 6.07) is 10.4. The molecule has 2 rings (SSSR count). The zero-order valence-corrected chi connectivity index (χ0v) is 10.5. The fourth-order valence-electron chi connectivity index (χ4n) is 1.84. The van der Waals surface area contributed by atoms with E-state index in [1.165, 1.54) is 0 Å². The largest absolute Gasteiger partial charge is 0.392 e. The zero-order chi connectivity index (χ0) is 14.5. The van der Waals surface area contributed by atoms with Gasteiger partial charge in [0.25, 0.3) is 5.69 Å². The summed E-state index contributed by atoms with van der Waals surface area (Å²) in [6.45, 7) is 0.228. The summed E-state index contributed by atoms with van der Waals surface area (Å²) < 4.78 is 13.2. The monoisotopic (exact) mass is 276 g/mol. The first kappa shape index (κ1) is 14.0. The van der Waals surface area contributed by atoms with Crippen LogP contribution in [0.5, 0.6) is 0 Å². The number of nitrogens with zero attached hydrogens (tertiary/aromatic N) is 1. The van der Waals surface area contributed by atoms with Gasteiger partial charge in [-0.3, -0.25) is 10.1 Å². The quantitative estimate of drug-likeness (QED) is 0.650. The van der Waals surface area contributed by atoms with Crippen molar-refractivity contribution in [3.05, 3.63) is 69.5 Å². The van der Waals surface area contributed by atoms with E-state index >= 15 is 0 Å². The Bertz CT molecular complexity index is 632. The molecule has 0 aliphatic rings. The highest BCUT2D eigenvalue weighted by molar-refractivity contribution is 5.61. The molecule has 0 bridgehead atoms. The summed E-state index contributed by atoms with van der Waals surface area (Å²) in [7, 11) is 0. The van der Waals surface area contributed by atoms with E-state index < -0.39 is 10.7 Å². The molecule has 5 nitrogen and oxygen atoms in total. The molecule has 2 N–H and O–H groups in total. The smallest absolute Gasteiger partial charge is 0.292 e. The number of nitrogens with one attached hydrogen (secondary N) is 1. The molecule has 0 aliphatic heterocycles. The second-order valence-corrected chi connectivity index (χ2v) is 4.25. The summed E-state index contributed by atoms with van der Waals surface area (Å²) in [5, 5.41) is 22.7. The number of rotatable bonds is 5. The molecule has 0 aromatic heterocycles. The van der Waals surface area contributed by atoms with Gasteiger partial charge in [-0.05, 0) is 17.2 Å². The highest BCUT2D eigenvalue weighted by atomic mass is 19.1. The van der Waals surface area contributed by atoms with E-state index in [1.807, 2.05) is 6.07 Å². The fourth-order valence-corrected chi connectivity index (χ4v) is 1.84. The maximum absolute atomic E-state index is 13.2. The van der Waals surface area contributed by atoms with Crippen LogP contribution in [0, 0.1) is 15.9 Å². The summed E-state index contributed by atoms with van der Waals surface area (Å²) in [5.74, 6) is -0.540. The molecule has 104 valence electrons. The highest BCUT2D eigenvalue weighted by Crippen LogP contribution is 2.25. The lowest BCUT2D eigenvalue weighted by Gasteiger charge is -2.08. The van der Waals surface area contributed by atoms with E-state index in [4.69, 9.17) is 5.11 Å². The molecule has 0 atom stereocenters. The number of benzene rings is 2. The van der Waals surface area contributed by atoms with Crippen molar-refractivity contribution in [2.45, 2.75) is 13.2 Å². The standard InChI is InChI=1S/C14H13FN2O3/c15-12-4-5-14(17(19)20)13(7-12)16-8-10-2-1-3-11(6-10)9-18/h1-7,16,18H,8-9H2. The topological polar surface area (TPSA) is 75.4 Å². The molecule has 2 aromatic carbocycles. The number of aliphatic hydroxyl groups is 1. The molecular formula is C14H13FN2O3. The second kappa shape index (κ2) is 6.12. The van der Waals surface area contributed by atoms with E-state index in [9.17, 15) is 14.5 Å². The first-order valence-corrected chi connectivity index (χ1v) is 5.96. The van der Waals surface area contributed by atoms with Gasteiger partial charge in [-0.2, -0.15) is 0 Å². The van der Waals surface area contributed by atoms with E-state index in [0.29, 0.717) is 6.54 Å². The van der Waals surface area contributed by atoms with Gasteiger partial charge in [0.15, 0.2) is 0 Å². The molecule has 2 aromatic rings. The average molecular weight is 276 g/mol. The predicted octanol–water partition coefficient (Wildman–Crippen LogP) is 2.84. The van der Waals surface area contributed by atoms with Crippen LogP contribution in [0.15, 0.2) is 42.5 Å². The third-order valence-electron chi connectivity index (χ3n) is 2.81. The lowest BCUT2D eigenvalue weighted by Crippen LogP contribution is -2.03. The van der Waals surface area contributed by atoms with Crippen molar-refractivity contribution in [2.24, 2.45) is 0 Å².